The second-order valence-electron chi connectivity index (χ2n) is 14.9. The second kappa shape index (κ2) is 11.9. The van der Waals surface area contributed by atoms with E-state index in [0.29, 0.717) is 11.5 Å². The Morgan fingerprint density at radius 1 is 0.667 bits per heavy atom. The van der Waals surface area contributed by atoms with Gasteiger partial charge in [0.1, 0.15) is 17.3 Å². The van der Waals surface area contributed by atoms with E-state index in [1.807, 2.05) is 30.3 Å². The Morgan fingerprint density at radius 3 is 2.28 bits per heavy atom. The number of fused-ring (bicyclic) bond motifs is 15. The molecule has 0 fully saturated rings. The molecule has 9 aromatic rings. The summed E-state index contributed by atoms with van der Waals surface area (Å²) in [5, 5.41) is 5.44. The van der Waals surface area contributed by atoms with Crippen molar-refractivity contribution in [3.63, 3.8) is 0 Å². The Bertz CT molecular complexity index is 2970. The molecule has 5 heterocycles. The maximum absolute atomic E-state index is 6.98. The first-order valence-electron chi connectivity index (χ1n) is 17.9. The van der Waals surface area contributed by atoms with E-state index in [1.165, 1.54) is 10.8 Å². The molecule has 1 unspecified atom stereocenters. The third kappa shape index (κ3) is 4.61. The Morgan fingerprint density at radius 2 is 1.41 bits per heavy atom. The molecule has 6 aromatic carbocycles. The molecule has 2 aliphatic heterocycles. The van der Waals surface area contributed by atoms with E-state index in [4.69, 9.17) is 14.5 Å². The molecule has 264 valence electrons. The van der Waals surface area contributed by atoms with E-state index in [2.05, 4.69) is 162 Å². The van der Waals surface area contributed by atoms with Gasteiger partial charge in [0.25, 0.3) is 0 Å². The summed E-state index contributed by atoms with van der Waals surface area (Å²) >= 11 is 0. The van der Waals surface area contributed by atoms with E-state index in [0.717, 1.165) is 66.3 Å². The van der Waals surface area contributed by atoms with Crippen LogP contribution in [0.5, 0.6) is 23.0 Å². The number of hydrogen-bond donors (Lipinski definition) is 0. The van der Waals surface area contributed by atoms with Crippen LogP contribution in [0.3, 0.4) is 0 Å². The molecule has 11 rings (SSSR count). The molecule has 0 spiro atoms. The smallest absolute Gasteiger partial charge is 0.367 e. The van der Waals surface area contributed by atoms with Crippen molar-refractivity contribution in [3.05, 3.63) is 164 Å². The van der Waals surface area contributed by atoms with E-state index in [-0.39, 0.29) is 26.5 Å². The minimum atomic E-state index is -3.42. The number of ether oxygens (including phenoxy) is 2. The first-order valence-corrected chi connectivity index (χ1v) is 19.8. The molecular weight excluding hydrogens is 864 g/mol. The maximum Gasteiger partial charge on any atom is 0.367 e. The molecule has 54 heavy (non-hydrogen) atoms. The SMILES string of the molecule is CC(C)(C)c1cc2nc(c1)[Si]1(c3ccccc3)c3ccccc3Oc3cccc4c3[n+]1[c-]n4-c1[c-]c(ccc1)Oc1[c-]c3c(cc1)c1ccccc1n3-2.[Pt]. The number of hydrogen-bond acceptors (Lipinski definition) is 3. The monoisotopic (exact) mass is 895 g/mol. The van der Waals surface area contributed by atoms with E-state index in [9.17, 15) is 0 Å². The number of para-hydroxylation sites is 3. The summed E-state index contributed by atoms with van der Waals surface area (Å²) in [6.07, 6.45) is 3.92. The van der Waals surface area contributed by atoms with Crippen LogP contribution < -0.4 is 29.4 Å². The van der Waals surface area contributed by atoms with Crippen molar-refractivity contribution in [2.24, 2.45) is 0 Å². The van der Waals surface area contributed by atoms with Crippen LogP contribution in [0.2, 0.25) is 0 Å². The summed E-state index contributed by atoms with van der Waals surface area (Å²) in [7, 11) is -3.42. The number of benzene rings is 6. The van der Waals surface area contributed by atoms with Crippen LogP contribution in [0.4, 0.5) is 0 Å². The van der Waals surface area contributed by atoms with Gasteiger partial charge in [-0.15, -0.1) is 29.7 Å². The van der Waals surface area contributed by atoms with Gasteiger partial charge >= 0.3 is 8.24 Å². The van der Waals surface area contributed by atoms with E-state index < -0.39 is 8.24 Å². The second-order valence-corrected chi connectivity index (χ2v) is 18.4. The normalized spacial score (nSPS) is 15.5. The van der Waals surface area contributed by atoms with Gasteiger partial charge in [0.05, 0.1) is 16.4 Å². The molecule has 8 bridgehead atoms. The Balaban J connectivity index is 0.00000361. The van der Waals surface area contributed by atoms with Gasteiger partial charge in [0.2, 0.25) is 6.33 Å². The Labute approximate surface area is 328 Å². The minimum absolute atomic E-state index is 0. The van der Waals surface area contributed by atoms with Crippen molar-refractivity contribution < 1.29 is 34.8 Å². The predicted octanol–water partition coefficient (Wildman–Crippen LogP) is 7.83. The Hall–Kier alpha value is -5.75. The molecule has 0 radical (unpaired) electrons. The summed E-state index contributed by atoms with van der Waals surface area (Å²) in [6.45, 7) is 6.82. The van der Waals surface area contributed by atoms with Crippen LogP contribution in [0.15, 0.2) is 140 Å². The molecule has 0 saturated heterocycles. The van der Waals surface area contributed by atoms with Gasteiger partial charge in [-0.25, -0.2) is 4.98 Å². The zero-order valence-electron chi connectivity index (χ0n) is 29.7. The maximum atomic E-state index is 6.98. The number of rotatable bonds is 1. The average molecular weight is 896 g/mol. The molecule has 6 nitrogen and oxygen atoms in total. The molecule has 2 aliphatic rings. The van der Waals surface area contributed by atoms with Crippen molar-refractivity contribution in [2.45, 2.75) is 26.2 Å². The van der Waals surface area contributed by atoms with Crippen molar-refractivity contribution in [3.8, 4) is 34.5 Å². The van der Waals surface area contributed by atoms with Crippen LogP contribution in [0.25, 0.3) is 44.3 Å². The number of pyridine rings is 1. The van der Waals surface area contributed by atoms with Crippen molar-refractivity contribution >= 4 is 56.8 Å². The van der Waals surface area contributed by atoms with Crippen molar-refractivity contribution in [1.29, 1.82) is 0 Å². The van der Waals surface area contributed by atoms with Crippen molar-refractivity contribution in [2.75, 3.05) is 0 Å². The summed E-state index contributed by atoms with van der Waals surface area (Å²) < 4.78 is 20.3. The zero-order chi connectivity index (χ0) is 35.5. The molecule has 0 N–H and O–H groups in total. The van der Waals surface area contributed by atoms with Crippen LogP contribution in [0.1, 0.15) is 26.3 Å². The van der Waals surface area contributed by atoms with Gasteiger partial charge in [-0.1, -0.05) is 111 Å². The van der Waals surface area contributed by atoms with Gasteiger partial charge in [-0.3, -0.25) is 0 Å². The average Bonchev–Trinajstić information content (AvgIpc) is 3.69. The molecule has 1 atom stereocenters. The zero-order valence-corrected chi connectivity index (χ0v) is 33.0. The largest absolute Gasteiger partial charge is 0.510 e. The minimum Gasteiger partial charge on any atom is -0.510 e. The van der Waals surface area contributed by atoms with Crippen LogP contribution in [-0.2, 0) is 26.5 Å². The van der Waals surface area contributed by atoms with Gasteiger partial charge in [-0.05, 0) is 51.9 Å². The molecule has 0 saturated carbocycles. The van der Waals surface area contributed by atoms with Crippen LogP contribution >= 0.6 is 0 Å². The third-order valence-electron chi connectivity index (χ3n) is 10.7. The topological polar surface area (TPSA) is 45.1 Å². The summed E-state index contributed by atoms with van der Waals surface area (Å²) in [5.74, 6) is 3.59. The van der Waals surface area contributed by atoms with Gasteiger partial charge in [0.15, 0.2) is 0 Å². The fourth-order valence-electron chi connectivity index (χ4n) is 8.25. The fraction of sp³-hybridized carbons (Fsp3) is 0.0870. The summed E-state index contributed by atoms with van der Waals surface area (Å²) in [6, 6.07) is 56.0. The van der Waals surface area contributed by atoms with Crippen LogP contribution in [0, 0.1) is 18.5 Å². The third-order valence-corrected chi connectivity index (χ3v) is 15.1. The molecule has 8 heteroatoms. The van der Waals surface area contributed by atoms with Gasteiger partial charge in [0, 0.05) is 43.3 Å². The number of nitrogens with zero attached hydrogens (tertiary/aromatic N) is 4. The fourth-order valence-corrected chi connectivity index (χ4v) is 12.8. The van der Waals surface area contributed by atoms with Crippen LogP contribution in [-0.4, -0.2) is 22.4 Å². The first-order chi connectivity index (χ1) is 25.9. The quantitative estimate of drug-likeness (QED) is 0.125. The van der Waals surface area contributed by atoms with Gasteiger partial charge in [-0.2, -0.15) is 18.2 Å². The van der Waals surface area contributed by atoms with Gasteiger partial charge < -0.3 is 22.8 Å². The van der Waals surface area contributed by atoms with E-state index >= 15 is 0 Å². The molecule has 0 aliphatic carbocycles. The van der Waals surface area contributed by atoms with Crippen molar-refractivity contribution in [1.82, 2.24) is 14.1 Å². The molecular formula is C46H32N4O2PtSi-2. The molecule has 0 amide bonds. The molecule has 3 aromatic heterocycles. The standard InChI is InChI=1S/C46H32N4O2Si.Pt/c1-46(2,3)30-25-43-47-44(26-30)53(34-15-5-4-6-16-34)42-22-10-9-20-40(42)52-41-21-12-19-38-45(41)49(53)29-48(38)31-13-11-14-32(27-31)51-33-23-24-36-35-17-7-8-18-37(35)50(43)39(36)28-33;/h4-26H,1-3H3;/q-2;. The number of imidazole rings is 1. The summed E-state index contributed by atoms with van der Waals surface area (Å²) in [4.78, 5) is 5.85. The Kier molecular flexibility index (Phi) is 7.23. The predicted molar refractivity (Wildman–Crippen MR) is 210 cm³/mol. The first kappa shape index (κ1) is 32.9. The summed E-state index contributed by atoms with van der Waals surface area (Å²) in [5.41, 5.74) is 5.61. The van der Waals surface area contributed by atoms with E-state index in [1.54, 1.807) is 0 Å². The number of aromatic nitrogens is 4.